The molecule has 1 saturated heterocycles. The van der Waals surface area contributed by atoms with Crippen LogP contribution < -0.4 is 5.32 Å². The van der Waals surface area contributed by atoms with Gasteiger partial charge in [-0.3, -0.25) is 4.79 Å². The van der Waals surface area contributed by atoms with Crippen molar-refractivity contribution in [2.24, 2.45) is 5.92 Å². The van der Waals surface area contributed by atoms with Gasteiger partial charge in [0, 0.05) is 5.92 Å². The zero-order valence-corrected chi connectivity index (χ0v) is 6.52. The summed E-state index contributed by atoms with van der Waals surface area (Å²) in [5.41, 5.74) is 0. The van der Waals surface area contributed by atoms with Crippen LogP contribution >= 0.6 is 0 Å². The van der Waals surface area contributed by atoms with Crippen LogP contribution in [0.5, 0.6) is 0 Å². The van der Waals surface area contributed by atoms with Crippen molar-refractivity contribution in [3.63, 3.8) is 0 Å². The molecule has 1 rings (SSSR count). The number of nitrogens with one attached hydrogen (secondary N) is 1. The second kappa shape index (κ2) is 3.71. The third-order valence-electron chi connectivity index (χ3n) is 2.15. The first kappa shape index (κ1) is 7.73. The number of rotatable bonds is 1. The lowest BCUT2D eigenvalue weighted by Crippen LogP contribution is -2.15. The normalized spacial score (nSPS) is 27.5. The molecule has 1 N–H and O–H groups in total. The van der Waals surface area contributed by atoms with E-state index >= 15 is 0 Å². The van der Waals surface area contributed by atoms with Crippen molar-refractivity contribution in [2.75, 3.05) is 13.1 Å². The fourth-order valence-corrected chi connectivity index (χ4v) is 1.43. The number of carbonyl (C=O) groups excluding carboxylic acids is 1. The van der Waals surface area contributed by atoms with Crippen LogP contribution in [0, 0.1) is 5.92 Å². The Morgan fingerprint density at radius 3 is 2.90 bits per heavy atom. The largest absolute Gasteiger partial charge is 0.317 e. The fraction of sp³-hybridized carbons (Fsp3) is 0.875. The highest BCUT2D eigenvalue weighted by atomic mass is 16.1. The molecule has 0 aromatic rings. The molecule has 1 atom stereocenters. The van der Waals surface area contributed by atoms with E-state index in [1.807, 2.05) is 0 Å². The van der Waals surface area contributed by atoms with Crippen molar-refractivity contribution < 1.29 is 4.79 Å². The van der Waals surface area contributed by atoms with E-state index in [1.54, 1.807) is 6.92 Å². The number of carbonyl (C=O) groups is 1. The Balaban J connectivity index is 2.35. The summed E-state index contributed by atoms with van der Waals surface area (Å²) in [6, 6.07) is 0. The van der Waals surface area contributed by atoms with Crippen molar-refractivity contribution in [1.29, 1.82) is 0 Å². The SMILES string of the molecule is CC(=O)C1CCCNCC1. The van der Waals surface area contributed by atoms with E-state index in [9.17, 15) is 4.79 Å². The van der Waals surface area contributed by atoms with E-state index in [-0.39, 0.29) is 0 Å². The van der Waals surface area contributed by atoms with Crippen molar-refractivity contribution in [2.45, 2.75) is 26.2 Å². The molecule has 0 radical (unpaired) electrons. The van der Waals surface area contributed by atoms with Crippen molar-refractivity contribution in [1.82, 2.24) is 5.32 Å². The highest BCUT2D eigenvalue weighted by molar-refractivity contribution is 5.78. The average molecular weight is 141 g/mol. The monoisotopic (exact) mass is 141 g/mol. The molecule has 2 heteroatoms. The third kappa shape index (κ3) is 2.10. The van der Waals surface area contributed by atoms with Gasteiger partial charge in [0.2, 0.25) is 0 Å². The predicted molar refractivity (Wildman–Crippen MR) is 40.9 cm³/mol. The van der Waals surface area contributed by atoms with Gasteiger partial charge in [-0.05, 0) is 39.3 Å². The summed E-state index contributed by atoms with van der Waals surface area (Å²) in [4.78, 5) is 10.9. The first-order valence-electron chi connectivity index (χ1n) is 4.02. The predicted octanol–water partition coefficient (Wildman–Crippen LogP) is 0.965. The molecule has 0 aliphatic carbocycles. The maximum Gasteiger partial charge on any atom is 0.132 e. The standard InChI is InChI=1S/C8H15NO/c1-7(10)8-3-2-5-9-6-4-8/h8-9H,2-6H2,1H3. The van der Waals surface area contributed by atoms with Crippen LogP contribution in [-0.2, 0) is 4.79 Å². The quantitative estimate of drug-likeness (QED) is 0.589. The van der Waals surface area contributed by atoms with Gasteiger partial charge in [-0.25, -0.2) is 0 Å². The maximum absolute atomic E-state index is 10.9. The minimum absolute atomic E-state index is 0.343. The fourth-order valence-electron chi connectivity index (χ4n) is 1.43. The molecule has 1 unspecified atom stereocenters. The minimum atomic E-state index is 0.343. The first-order chi connectivity index (χ1) is 4.80. The smallest absolute Gasteiger partial charge is 0.132 e. The highest BCUT2D eigenvalue weighted by Gasteiger charge is 2.15. The summed E-state index contributed by atoms with van der Waals surface area (Å²) < 4.78 is 0. The molecule has 1 heterocycles. The molecule has 1 fully saturated rings. The van der Waals surface area contributed by atoms with E-state index in [0.717, 1.165) is 32.4 Å². The molecule has 2 nitrogen and oxygen atoms in total. The Bertz CT molecular complexity index is 114. The zero-order valence-electron chi connectivity index (χ0n) is 6.52. The van der Waals surface area contributed by atoms with Crippen molar-refractivity contribution in [3.8, 4) is 0 Å². The Labute approximate surface area is 62.0 Å². The molecule has 1 aliphatic heterocycles. The van der Waals surface area contributed by atoms with E-state index in [4.69, 9.17) is 0 Å². The summed E-state index contributed by atoms with van der Waals surface area (Å²) in [6.45, 7) is 3.81. The molecule has 0 spiro atoms. The Hall–Kier alpha value is -0.370. The average Bonchev–Trinajstić information content (AvgIpc) is 2.12. The summed E-state index contributed by atoms with van der Waals surface area (Å²) in [5.74, 6) is 0.707. The molecule has 1 aliphatic rings. The molecule has 0 aromatic carbocycles. The third-order valence-corrected chi connectivity index (χ3v) is 2.15. The van der Waals surface area contributed by atoms with Gasteiger partial charge < -0.3 is 5.32 Å². The van der Waals surface area contributed by atoms with Gasteiger partial charge in [-0.1, -0.05) is 0 Å². The van der Waals surface area contributed by atoms with E-state index in [1.165, 1.54) is 0 Å². The summed E-state index contributed by atoms with van der Waals surface area (Å²) in [5, 5.41) is 3.28. The van der Waals surface area contributed by atoms with Crippen LogP contribution in [0.25, 0.3) is 0 Å². The minimum Gasteiger partial charge on any atom is -0.317 e. The first-order valence-corrected chi connectivity index (χ1v) is 4.02. The van der Waals surface area contributed by atoms with E-state index < -0.39 is 0 Å². The van der Waals surface area contributed by atoms with Crippen LogP contribution in [0.4, 0.5) is 0 Å². The molecule has 10 heavy (non-hydrogen) atoms. The van der Waals surface area contributed by atoms with Gasteiger partial charge in [0.25, 0.3) is 0 Å². The molecule has 58 valence electrons. The Morgan fingerprint density at radius 2 is 2.20 bits per heavy atom. The second-order valence-electron chi connectivity index (χ2n) is 2.99. The summed E-state index contributed by atoms with van der Waals surface area (Å²) >= 11 is 0. The Morgan fingerprint density at radius 1 is 1.40 bits per heavy atom. The summed E-state index contributed by atoms with van der Waals surface area (Å²) in [6.07, 6.45) is 3.28. The Kier molecular flexibility index (Phi) is 2.87. The molecule has 0 amide bonds. The molecule has 0 aromatic heterocycles. The van der Waals surface area contributed by atoms with E-state index in [0.29, 0.717) is 11.7 Å². The van der Waals surface area contributed by atoms with Gasteiger partial charge in [-0.15, -0.1) is 0 Å². The van der Waals surface area contributed by atoms with Crippen LogP contribution in [-0.4, -0.2) is 18.9 Å². The van der Waals surface area contributed by atoms with Gasteiger partial charge >= 0.3 is 0 Å². The second-order valence-corrected chi connectivity index (χ2v) is 2.99. The molecular formula is C8H15NO. The van der Waals surface area contributed by atoms with Gasteiger partial charge in [0.1, 0.15) is 5.78 Å². The summed E-state index contributed by atoms with van der Waals surface area (Å²) in [7, 11) is 0. The lowest BCUT2D eigenvalue weighted by molar-refractivity contribution is -0.121. The molecule has 0 bridgehead atoms. The van der Waals surface area contributed by atoms with Gasteiger partial charge in [-0.2, -0.15) is 0 Å². The van der Waals surface area contributed by atoms with Gasteiger partial charge in [0.05, 0.1) is 0 Å². The molecular weight excluding hydrogens is 126 g/mol. The van der Waals surface area contributed by atoms with Crippen LogP contribution in [0.2, 0.25) is 0 Å². The number of Topliss-reactive ketones (excluding diaryl/α,β-unsaturated/α-hetero) is 1. The van der Waals surface area contributed by atoms with Gasteiger partial charge in [0.15, 0.2) is 0 Å². The number of ketones is 1. The van der Waals surface area contributed by atoms with Crippen molar-refractivity contribution >= 4 is 5.78 Å². The highest BCUT2D eigenvalue weighted by Crippen LogP contribution is 2.13. The maximum atomic E-state index is 10.9. The lowest BCUT2D eigenvalue weighted by atomic mass is 9.97. The zero-order chi connectivity index (χ0) is 7.40. The van der Waals surface area contributed by atoms with Crippen LogP contribution in [0.3, 0.4) is 0 Å². The van der Waals surface area contributed by atoms with Crippen LogP contribution in [0.15, 0.2) is 0 Å². The topological polar surface area (TPSA) is 29.1 Å². The molecule has 0 saturated carbocycles. The lowest BCUT2D eigenvalue weighted by Gasteiger charge is -2.07. The van der Waals surface area contributed by atoms with Crippen molar-refractivity contribution in [3.05, 3.63) is 0 Å². The van der Waals surface area contributed by atoms with Crippen LogP contribution in [0.1, 0.15) is 26.2 Å². The van der Waals surface area contributed by atoms with E-state index in [2.05, 4.69) is 5.32 Å². The number of hydrogen-bond acceptors (Lipinski definition) is 2. The number of hydrogen-bond donors (Lipinski definition) is 1.